The van der Waals surface area contributed by atoms with E-state index in [-0.39, 0.29) is 11.6 Å². The maximum absolute atomic E-state index is 13.9. The number of likely N-dealkylation sites (tertiary alicyclic amines) is 1. The molecule has 2 saturated heterocycles. The molecule has 0 radical (unpaired) electrons. The molecule has 2 fully saturated rings. The van der Waals surface area contributed by atoms with Crippen LogP contribution < -0.4 is 0 Å². The first-order valence-corrected chi connectivity index (χ1v) is 6.90. The normalized spacial score (nSPS) is 22.0. The summed E-state index contributed by atoms with van der Waals surface area (Å²) in [5, 5.41) is 8.74. The van der Waals surface area contributed by atoms with Gasteiger partial charge in [0.05, 0.1) is 24.8 Å². The van der Waals surface area contributed by atoms with Gasteiger partial charge in [-0.15, -0.1) is 0 Å². The molecule has 0 saturated carbocycles. The third kappa shape index (κ3) is 2.68. The molecule has 0 aliphatic carbocycles. The molecule has 2 aliphatic rings. The number of benzene rings is 1. The zero-order valence-electron chi connectivity index (χ0n) is 11.3. The zero-order valence-corrected chi connectivity index (χ0v) is 11.3. The van der Waals surface area contributed by atoms with Crippen LogP contribution in [0.15, 0.2) is 18.2 Å². The third-order valence-electron chi connectivity index (χ3n) is 4.01. The fourth-order valence-corrected chi connectivity index (χ4v) is 2.82. The lowest BCUT2D eigenvalue weighted by molar-refractivity contribution is -0.185. The zero-order chi connectivity index (χ0) is 14.0. The van der Waals surface area contributed by atoms with E-state index in [1.54, 1.807) is 12.1 Å². The number of nitrogens with zero attached hydrogens (tertiary/aromatic N) is 2. The maximum Gasteiger partial charge on any atom is 0.170 e. The molecule has 1 aromatic rings. The SMILES string of the molecule is N#Cc1ccc(CN2CCC3(CC2)OCCO3)c(F)c1. The molecule has 0 atom stereocenters. The van der Waals surface area contributed by atoms with Crippen molar-refractivity contribution in [2.24, 2.45) is 0 Å². The molecule has 20 heavy (non-hydrogen) atoms. The van der Waals surface area contributed by atoms with Crippen LogP contribution in [0.5, 0.6) is 0 Å². The van der Waals surface area contributed by atoms with Crippen LogP contribution in [0.1, 0.15) is 24.0 Å². The Kier molecular flexibility index (Phi) is 3.70. The van der Waals surface area contributed by atoms with Gasteiger partial charge in [0.1, 0.15) is 5.82 Å². The van der Waals surface area contributed by atoms with Crippen molar-refractivity contribution in [3.8, 4) is 6.07 Å². The predicted octanol–water partition coefficient (Wildman–Crippen LogP) is 2.04. The van der Waals surface area contributed by atoms with Gasteiger partial charge in [-0.05, 0) is 12.1 Å². The summed E-state index contributed by atoms with van der Waals surface area (Å²) in [7, 11) is 0. The third-order valence-corrected chi connectivity index (χ3v) is 4.01. The summed E-state index contributed by atoms with van der Waals surface area (Å²) in [6.07, 6.45) is 1.65. The molecule has 5 heteroatoms. The average molecular weight is 276 g/mol. The van der Waals surface area contributed by atoms with E-state index in [2.05, 4.69) is 4.90 Å². The summed E-state index contributed by atoms with van der Waals surface area (Å²) < 4.78 is 25.2. The standard InChI is InChI=1S/C15H17FN2O2/c16-14-9-12(10-17)1-2-13(14)11-18-5-3-15(4-6-18)19-7-8-20-15/h1-2,9H,3-8,11H2. The highest BCUT2D eigenvalue weighted by Crippen LogP contribution is 2.31. The van der Waals surface area contributed by atoms with Gasteiger partial charge in [0, 0.05) is 38.0 Å². The van der Waals surface area contributed by atoms with Crippen LogP contribution in [0.2, 0.25) is 0 Å². The molecule has 0 amide bonds. The average Bonchev–Trinajstić information content (AvgIpc) is 2.92. The fraction of sp³-hybridized carbons (Fsp3) is 0.533. The number of piperidine rings is 1. The first kappa shape index (κ1) is 13.5. The van der Waals surface area contributed by atoms with Crippen molar-refractivity contribution in [2.45, 2.75) is 25.2 Å². The molecule has 0 bridgehead atoms. The van der Waals surface area contributed by atoms with Crippen molar-refractivity contribution in [3.63, 3.8) is 0 Å². The summed E-state index contributed by atoms with van der Waals surface area (Å²) >= 11 is 0. The van der Waals surface area contributed by atoms with E-state index in [4.69, 9.17) is 14.7 Å². The Morgan fingerprint density at radius 2 is 1.95 bits per heavy atom. The molecular weight excluding hydrogens is 259 g/mol. The van der Waals surface area contributed by atoms with Crippen molar-refractivity contribution in [2.75, 3.05) is 26.3 Å². The lowest BCUT2D eigenvalue weighted by atomic mass is 10.0. The summed E-state index contributed by atoms with van der Waals surface area (Å²) in [5.74, 6) is -0.697. The highest BCUT2D eigenvalue weighted by atomic mass is 19.1. The highest BCUT2D eigenvalue weighted by Gasteiger charge is 2.39. The molecule has 0 unspecified atom stereocenters. The highest BCUT2D eigenvalue weighted by molar-refractivity contribution is 5.32. The number of nitriles is 1. The minimum Gasteiger partial charge on any atom is -0.347 e. The minimum atomic E-state index is -0.389. The van der Waals surface area contributed by atoms with Gasteiger partial charge in [-0.2, -0.15) is 5.26 Å². The van der Waals surface area contributed by atoms with Crippen molar-refractivity contribution in [1.82, 2.24) is 4.90 Å². The monoisotopic (exact) mass is 276 g/mol. The van der Waals surface area contributed by atoms with E-state index < -0.39 is 0 Å². The minimum absolute atomic E-state index is 0.308. The second kappa shape index (κ2) is 5.49. The summed E-state index contributed by atoms with van der Waals surface area (Å²) in [4.78, 5) is 2.20. The van der Waals surface area contributed by atoms with Crippen LogP contribution in [0.4, 0.5) is 4.39 Å². The van der Waals surface area contributed by atoms with E-state index in [0.717, 1.165) is 25.9 Å². The number of ether oxygens (including phenoxy) is 2. The van der Waals surface area contributed by atoms with Crippen LogP contribution in [0.3, 0.4) is 0 Å². The van der Waals surface area contributed by atoms with Gasteiger partial charge >= 0.3 is 0 Å². The van der Waals surface area contributed by atoms with Gasteiger partial charge in [0.15, 0.2) is 5.79 Å². The Morgan fingerprint density at radius 3 is 2.55 bits per heavy atom. The molecule has 0 N–H and O–H groups in total. The maximum atomic E-state index is 13.9. The Hall–Kier alpha value is -1.48. The van der Waals surface area contributed by atoms with Gasteiger partial charge in [0.25, 0.3) is 0 Å². The molecule has 106 valence electrons. The molecule has 2 heterocycles. The van der Waals surface area contributed by atoms with Crippen LogP contribution >= 0.6 is 0 Å². The number of hydrogen-bond donors (Lipinski definition) is 0. The van der Waals surface area contributed by atoms with E-state index in [1.807, 2.05) is 6.07 Å². The van der Waals surface area contributed by atoms with E-state index >= 15 is 0 Å². The second-order valence-electron chi connectivity index (χ2n) is 5.30. The van der Waals surface area contributed by atoms with Crippen molar-refractivity contribution in [3.05, 3.63) is 35.1 Å². The first-order valence-electron chi connectivity index (χ1n) is 6.90. The quantitative estimate of drug-likeness (QED) is 0.829. The Bertz CT molecular complexity index is 525. The van der Waals surface area contributed by atoms with Crippen LogP contribution in [0.25, 0.3) is 0 Å². The first-order chi connectivity index (χ1) is 9.71. The molecule has 2 aliphatic heterocycles. The van der Waals surface area contributed by atoms with Crippen LogP contribution in [-0.4, -0.2) is 37.0 Å². The largest absolute Gasteiger partial charge is 0.347 e. The molecule has 4 nitrogen and oxygen atoms in total. The van der Waals surface area contributed by atoms with Gasteiger partial charge in [0.2, 0.25) is 0 Å². The molecule has 1 aromatic carbocycles. The molecule has 0 aromatic heterocycles. The summed E-state index contributed by atoms with van der Waals surface area (Å²) in [6.45, 7) is 3.57. The van der Waals surface area contributed by atoms with Gasteiger partial charge in [-0.3, -0.25) is 4.90 Å². The van der Waals surface area contributed by atoms with E-state index in [1.165, 1.54) is 6.07 Å². The van der Waals surface area contributed by atoms with Gasteiger partial charge in [-0.1, -0.05) is 6.07 Å². The van der Waals surface area contributed by atoms with Crippen molar-refractivity contribution < 1.29 is 13.9 Å². The van der Waals surface area contributed by atoms with Gasteiger partial charge < -0.3 is 9.47 Å². The predicted molar refractivity (Wildman–Crippen MR) is 70.3 cm³/mol. The summed E-state index contributed by atoms with van der Waals surface area (Å²) in [5.41, 5.74) is 0.991. The second-order valence-corrected chi connectivity index (χ2v) is 5.30. The molecule has 1 spiro atoms. The number of rotatable bonds is 2. The smallest absolute Gasteiger partial charge is 0.170 e. The van der Waals surface area contributed by atoms with Crippen LogP contribution in [0, 0.1) is 17.1 Å². The van der Waals surface area contributed by atoms with Gasteiger partial charge in [-0.25, -0.2) is 4.39 Å². The van der Waals surface area contributed by atoms with Crippen molar-refractivity contribution in [1.29, 1.82) is 5.26 Å². The Morgan fingerprint density at radius 1 is 1.25 bits per heavy atom. The molecular formula is C15H17FN2O2. The Labute approximate surface area is 117 Å². The lowest BCUT2D eigenvalue weighted by Crippen LogP contribution is -2.44. The van der Waals surface area contributed by atoms with E-state index in [9.17, 15) is 4.39 Å². The molecule has 3 rings (SSSR count). The number of halogens is 1. The van der Waals surface area contributed by atoms with Crippen LogP contribution in [-0.2, 0) is 16.0 Å². The Balaban J connectivity index is 1.61. The number of hydrogen-bond acceptors (Lipinski definition) is 4. The topological polar surface area (TPSA) is 45.5 Å². The van der Waals surface area contributed by atoms with Crippen molar-refractivity contribution >= 4 is 0 Å². The fourth-order valence-electron chi connectivity index (χ4n) is 2.82. The summed E-state index contributed by atoms with van der Waals surface area (Å²) in [6, 6.07) is 6.60. The van der Waals surface area contributed by atoms with E-state index in [0.29, 0.717) is 30.9 Å². The lowest BCUT2D eigenvalue weighted by Gasteiger charge is -2.37.